The Hall–Kier alpha value is -2.11. The molecule has 3 rings (SSSR count). The summed E-state index contributed by atoms with van der Waals surface area (Å²) in [5.74, 6) is 0.419. The van der Waals surface area contributed by atoms with Crippen molar-refractivity contribution in [2.75, 3.05) is 13.3 Å². The standard InChI is InChI=1S/C22H25OP/c1-17-9-7-11-19(22(17)23)15-18-10-8-14-21(16-18)24(2,3)20-12-5-4-6-13-20/h4-14,16,23-24H,15H2,1-3H3. The van der Waals surface area contributed by atoms with Crippen molar-refractivity contribution in [3.63, 3.8) is 0 Å². The van der Waals surface area contributed by atoms with Gasteiger partial charge in [0.1, 0.15) is 0 Å². The predicted octanol–water partition coefficient (Wildman–Crippen LogP) is 4.25. The molecule has 0 radical (unpaired) electrons. The van der Waals surface area contributed by atoms with Crippen LogP contribution in [0, 0.1) is 6.92 Å². The van der Waals surface area contributed by atoms with Crippen molar-refractivity contribution in [2.24, 2.45) is 0 Å². The Morgan fingerprint density at radius 3 is 2.21 bits per heavy atom. The zero-order valence-corrected chi connectivity index (χ0v) is 15.6. The third-order valence-corrected chi connectivity index (χ3v) is 8.39. The SMILES string of the molecule is Cc1cccc(Cc2cccc([PH](C)(C)c3ccccc3)c2)c1O. The van der Waals surface area contributed by atoms with Crippen LogP contribution in [0.3, 0.4) is 0 Å². The topological polar surface area (TPSA) is 20.2 Å². The molecular formula is C22H25OP. The molecule has 0 atom stereocenters. The Balaban J connectivity index is 1.93. The van der Waals surface area contributed by atoms with Crippen LogP contribution in [0.2, 0.25) is 0 Å². The van der Waals surface area contributed by atoms with Crippen LogP contribution in [-0.4, -0.2) is 18.4 Å². The second-order valence-electron chi connectivity index (χ2n) is 6.95. The van der Waals surface area contributed by atoms with Gasteiger partial charge in [0.15, 0.2) is 0 Å². The molecule has 0 bridgehead atoms. The van der Waals surface area contributed by atoms with E-state index in [1.54, 1.807) is 0 Å². The fraction of sp³-hybridized carbons (Fsp3) is 0.182. The average Bonchev–Trinajstić information content (AvgIpc) is 2.60. The van der Waals surface area contributed by atoms with E-state index in [-0.39, 0.29) is 0 Å². The molecule has 1 nitrogen and oxygen atoms in total. The molecule has 0 aliphatic carbocycles. The van der Waals surface area contributed by atoms with E-state index in [2.05, 4.69) is 67.9 Å². The molecule has 0 saturated heterocycles. The minimum atomic E-state index is -1.69. The van der Waals surface area contributed by atoms with Crippen molar-refractivity contribution in [2.45, 2.75) is 13.3 Å². The van der Waals surface area contributed by atoms with Crippen LogP contribution < -0.4 is 10.6 Å². The molecule has 3 aromatic rings. The first-order valence-corrected chi connectivity index (χ1v) is 11.4. The summed E-state index contributed by atoms with van der Waals surface area (Å²) < 4.78 is 0. The molecule has 0 heterocycles. The molecule has 0 aliphatic rings. The van der Waals surface area contributed by atoms with Crippen LogP contribution in [0.5, 0.6) is 5.75 Å². The van der Waals surface area contributed by atoms with Crippen molar-refractivity contribution in [1.82, 2.24) is 0 Å². The van der Waals surface area contributed by atoms with Crippen molar-refractivity contribution >= 4 is 17.9 Å². The summed E-state index contributed by atoms with van der Waals surface area (Å²) in [5.41, 5.74) is 3.18. The number of benzene rings is 3. The van der Waals surface area contributed by atoms with E-state index in [9.17, 15) is 5.11 Å². The molecule has 124 valence electrons. The van der Waals surface area contributed by atoms with Gasteiger partial charge in [-0.1, -0.05) is 0 Å². The molecule has 0 aromatic heterocycles. The van der Waals surface area contributed by atoms with Gasteiger partial charge in [0, 0.05) is 0 Å². The van der Waals surface area contributed by atoms with Crippen molar-refractivity contribution in [3.05, 3.63) is 89.5 Å². The monoisotopic (exact) mass is 336 g/mol. The van der Waals surface area contributed by atoms with Gasteiger partial charge in [-0.25, -0.2) is 0 Å². The Labute approximate surface area is 145 Å². The third kappa shape index (κ3) is 3.37. The van der Waals surface area contributed by atoms with Crippen LogP contribution in [0.4, 0.5) is 0 Å². The molecule has 0 fully saturated rings. The molecule has 1 N–H and O–H groups in total. The second-order valence-corrected chi connectivity index (χ2v) is 11.4. The van der Waals surface area contributed by atoms with Crippen LogP contribution in [0.1, 0.15) is 16.7 Å². The van der Waals surface area contributed by atoms with Gasteiger partial charge in [0.25, 0.3) is 0 Å². The Morgan fingerprint density at radius 1 is 0.792 bits per heavy atom. The summed E-state index contributed by atoms with van der Waals surface area (Å²) in [7, 11) is -1.69. The number of para-hydroxylation sites is 1. The van der Waals surface area contributed by atoms with Crippen molar-refractivity contribution in [3.8, 4) is 5.75 Å². The number of phenols is 1. The molecule has 0 saturated carbocycles. The fourth-order valence-electron chi connectivity index (χ4n) is 3.17. The zero-order valence-electron chi connectivity index (χ0n) is 14.6. The summed E-state index contributed by atoms with van der Waals surface area (Å²) in [6.07, 6.45) is 0.765. The summed E-state index contributed by atoms with van der Waals surface area (Å²) in [6, 6.07) is 25.6. The van der Waals surface area contributed by atoms with Gasteiger partial charge in [0.05, 0.1) is 0 Å². The molecule has 0 amide bonds. The number of hydrogen-bond donors (Lipinski definition) is 1. The Kier molecular flexibility index (Phi) is 4.73. The third-order valence-electron chi connectivity index (χ3n) is 4.86. The maximum atomic E-state index is 10.3. The molecular weight excluding hydrogens is 311 g/mol. The van der Waals surface area contributed by atoms with Gasteiger partial charge in [-0.3, -0.25) is 0 Å². The minimum absolute atomic E-state index is 0.419. The molecule has 0 aliphatic heterocycles. The second kappa shape index (κ2) is 6.79. The number of aromatic hydroxyl groups is 1. The van der Waals surface area contributed by atoms with Gasteiger partial charge in [-0.15, -0.1) is 0 Å². The molecule has 2 heteroatoms. The Morgan fingerprint density at radius 2 is 1.46 bits per heavy atom. The molecule has 0 unspecified atom stereocenters. The number of rotatable bonds is 4. The quantitative estimate of drug-likeness (QED) is 0.706. The van der Waals surface area contributed by atoms with Crippen LogP contribution >= 0.6 is 7.26 Å². The summed E-state index contributed by atoms with van der Waals surface area (Å²) in [4.78, 5) is 0. The molecule has 24 heavy (non-hydrogen) atoms. The number of phenolic OH excluding ortho intramolecular Hbond substituents is 1. The summed E-state index contributed by atoms with van der Waals surface area (Å²) >= 11 is 0. The van der Waals surface area contributed by atoms with E-state index in [0.717, 1.165) is 17.5 Å². The maximum absolute atomic E-state index is 10.3. The van der Waals surface area contributed by atoms with Gasteiger partial charge in [0.2, 0.25) is 0 Å². The first-order valence-electron chi connectivity index (χ1n) is 8.41. The predicted molar refractivity (Wildman–Crippen MR) is 108 cm³/mol. The van der Waals surface area contributed by atoms with Crippen LogP contribution in [0.15, 0.2) is 72.8 Å². The first kappa shape index (κ1) is 16.7. The van der Waals surface area contributed by atoms with Gasteiger partial charge in [-0.2, -0.15) is 0 Å². The van der Waals surface area contributed by atoms with E-state index in [1.807, 2.05) is 25.1 Å². The number of aryl methyl sites for hydroxylation is 1. The van der Waals surface area contributed by atoms with Crippen molar-refractivity contribution < 1.29 is 5.11 Å². The van der Waals surface area contributed by atoms with E-state index >= 15 is 0 Å². The van der Waals surface area contributed by atoms with Crippen molar-refractivity contribution in [1.29, 1.82) is 0 Å². The first-order chi connectivity index (χ1) is 11.5. The van der Waals surface area contributed by atoms with Gasteiger partial charge >= 0.3 is 145 Å². The normalized spacial score (nSPS) is 12.1. The van der Waals surface area contributed by atoms with Gasteiger partial charge < -0.3 is 0 Å². The number of hydrogen-bond acceptors (Lipinski definition) is 1. The van der Waals surface area contributed by atoms with Crippen LogP contribution in [0.25, 0.3) is 0 Å². The van der Waals surface area contributed by atoms with E-state index in [1.165, 1.54) is 16.2 Å². The molecule has 3 aromatic carbocycles. The summed E-state index contributed by atoms with van der Waals surface area (Å²) in [5, 5.41) is 13.1. The Bertz CT molecular complexity index is 838. The summed E-state index contributed by atoms with van der Waals surface area (Å²) in [6.45, 7) is 6.73. The van der Waals surface area contributed by atoms with Crippen LogP contribution in [-0.2, 0) is 6.42 Å². The van der Waals surface area contributed by atoms with E-state index in [4.69, 9.17) is 0 Å². The van der Waals surface area contributed by atoms with Gasteiger partial charge in [-0.05, 0) is 0 Å². The fourth-order valence-corrected chi connectivity index (χ4v) is 5.59. The molecule has 0 spiro atoms. The average molecular weight is 336 g/mol. The zero-order chi connectivity index (χ0) is 17.2. The van der Waals surface area contributed by atoms with E-state index < -0.39 is 7.26 Å². The van der Waals surface area contributed by atoms with E-state index in [0.29, 0.717) is 5.75 Å².